The Bertz CT molecular complexity index is 305. The molecular weight excluding hydrogens is 271 g/mol. The average Bonchev–Trinajstić information content (AvgIpc) is 2.40. The Labute approximate surface area is 114 Å². The largest absolute Gasteiger partial charge is 0.460 e. The molecule has 0 amide bonds. The number of hydrogen-bond donors (Lipinski definition) is 1. The van der Waals surface area contributed by atoms with E-state index < -0.39 is 19.7 Å². The van der Waals surface area contributed by atoms with Gasteiger partial charge < -0.3 is 18.9 Å². The maximum atomic E-state index is 12.3. The standard InChI is InChI=1S/C12H23O6P/c1-4-7-17-19(15,18-8-5-2)10-11(13)9-16-12(14)6-3/h6,11,13H,3-5,7-10H2,1-2H3. The summed E-state index contributed by atoms with van der Waals surface area (Å²) in [7, 11) is -3.34. The molecule has 0 rings (SSSR count). The molecule has 0 bridgehead atoms. The molecule has 1 N–H and O–H groups in total. The van der Waals surface area contributed by atoms with Crippen molar-refractivity contribution in [2.24, 2.45) is 0 Å². The minimum Gasteiger partial charge on any atom is -0.460 e. The Kier molecular flexibility index (Phi) is 9.79. The van der Waals surface area contributed by atoms with E-state index in [0.29, 0.717) is 26.1 Å². The SMILES string of the molecule is C=CC(=O)OCC(O)CP(=O)(OCCC)OCCC. The molecule has 0 fully saturated rings. The van der Waals surface area contributed by atoms with Crippen molar-refractivity contribution < 1.29 is 28.3 Å². The van der Waals surface area contributed by atoms with Crippen molar-refractivity contribution in [3.63, 3.8) is 0 Å². The third-order valence-electron chi connectivity index (χ3n) is 2.00. The molecule has 0 saturated carbocycles. The predicted octanol–water partition coefficient (Wildman–Crippen LogP) is 2.12. The number of esters is 1. The van der Waals surface area contributed by atoms with E-state index in [0.717, 1.165) is 6.08 Å². The summed E-state index contributed by atoms with van der Waals surface area (Å²) in [6, 6.07) is 0. The Balaban J connectivity index is 4.32. The first-order chi connectivity index (χ1) is 8.97. The molecule has 0 heterocycles. The molecule has 19 heavy (non-hydrogen) atoms. The van der Waals surface area contributed by atoms with Gasteiger partial charge in [0.2, 0.25) is 0 Å². The van der Waals surface area contributed by atoms with Crippen molar-refractivity contribution in [3.8, 4) is 0 Å². The highest BCUT2D eigenvalue weighted by Gasteiger charge is 2.28. The Hall–Kier alpha value is -0.680. The van der Waals surface area contributed by atoms with Gasteiger partial charge in [-0.3, -0.25) is 4.57 Å². The zero-order valence-electron chi connectivity index (χ0n) is 11.5. The zero-order valence-corrected chi connectivity index (χ0v) is 12.4. The lowest BCUT2D eigenvalue weighted by atomic mass is 10.4. The number of hydrogen-bond acceptors (Lipinski definition) is 6. The normalized spacial score (nSPS) is 13.0. The molecule has 0 saturated heterocycles. The van der Waals surface area contributed by atoms with Gasteiger partial charge in [-0.25, -0.2) is 4.79 Å². The quantitative estimate of drug-likeness (QED) is 0.357. The van der Waals surface area contributed by atoms with Crippen LogP contribution >= 0.6 is 7.60 Å². The summed E-state index contributed by atoms with van der Waals surface area (Å²) < 4.78 is 27.4. The lowest BCUT2D eigenvalue weighted by molar-refractivity contribution is -0.140. The second kappa shape index (κ2) is 10.1. The van der Waals surface area contributed by atoms with Gasteiger partial charge in [-0.05, 0) is 12.8 Å². The van der Waals surface area contributed by atoms with Gasteiger partial charge in [-0.1, -0.05) is 20.4 Å². The Morgan fingerprint density at radius 1 is 1.32 bits per heavy atom. The van der Waals surface area contributed by atoms with E-state index in [1.165, 1.54) is 0 Å². The summed E-state index contributed by atoms with van der Waals surface area (Å²) in [6.45, 7) is 7.32. The van der Waals surface area contributed by atoms with Gasteiger partial charge >= 0.3 is 13.6 Å². The van der Waals surface area contributed by atoms with E-state index in [1.807, 2.05) is 13.8 Å². The molecule has 0 aromatic carbocycles. The van der Waals surface area contributed by atoms with Crippen LogP contribution in [0, 0.1) is 0 Å². The van der Waals surface area contributed by atoms with Crippen LogP contribution in [0.4, 0.5) is 0 Å². The fourth-order valence-corrected chi connectivity index (χ4v) is 2.98. The van der Waals surface area contributed by atoms with Crippen LogP contribution in [-0.2, 0) is 23.1 Å². The van der Waals surface area contributed by atoms with Crippen molar-refractivity contribution in [1.29, 1.82) is 0 Å². The number of aliphatic hydroxyl groups is 1. The Morgan fingerprint density at radius 2 is 1.84 bits per heavy atom. The molecular formula is C12H23O6P. The van der Waals surface area contributed by atoms with Gasteiger partial charge in [-0.15, -0.1) is 0 Å². The van der Waals surface area contributed by atoms with Crippen LogP contribution in [0.2, 0.25) is 0 Å². The number of carbonyl (C=O) groups is 1. The third kappa shape index (κ3) is 8.94. The molecule has 6 nitrogen and oxygen atoms in total. The van der Waals surface area contributed by atoms with Gasteiger partial charge in [0.1, 0.15) is 6.61 Å². The molecule has 1 atom stereocenters. The van der Waals surface area contributed by atoms with Crippen molar-refractivity contribution in [3.05, 3.63) is 12.7 Å². The van der Waals surface area contributed by atoms with Crippen LogP contribution in [-0.4, -0.2) is 43.2 Å². The van der Waals surface area contributed by atoms with Crippen molar-refractivity contribution >= 4 is 13.6 Å². The summed E-state index contributed by atoms with van der Waals surface area (Å²) in [6.07, 6.45) is 1.09. The number of carbonyl (C=O) groups excluding carboxylic acids is 1. The van der Waals surface area contributed by atoms with Gasteiger partial charge in [0, 0.05) is 6.08 Å². The average molecular weight is 294 g/mol. The van der Waals surface area contributed by atoms with Gasteiger partial charge in [0.25, 0.3) is 0 Å². The molecule has 0 aromatic heterocycles. The summed E-state index contributed by atoms with van der Waals surface area (Å²) in [5.41, 5.74) is 0. The molecule has 0 spiro atoms. The van der Waals surface area contributed by atoms with Gasteiger partial charge in [0.05, 0.1) is 25.5 Å². The molecule has 0 radical (unpaired) electrons. The van der Waals surface area contributed by atoms with Crippen molar-refractivity contribution in [2.75, 3.05) is 26.0 Å². The lowest BCUT2D eigenvalue weighted by Crippen LogP contribution is -2.23. The topological polar surface area (TPSA) is 82.1 Å². The van der Waals surface area contributed by atoms with Crippen LogP contribution in [0.5, 0.6) is 0 Å². The third-order valence-corrected chi connectivity index (χ3v) is 4.02. The first-order valence-electron chi connectivity index (χ1n) is 6.32. The predicted molar refractivity (Wildman–Crippen MR) is 72.1 cm³/mol. The van der Waals surface area contributed by atoms with Gasteiger partial charge in [0.15, 0.2) is 0 Å². The van der Waals surface area contributed by atoms with E-state index in [2.05, 4.69) is 11.3 Å². The van der Waals surface area contributed by atoms with Crippen LogP contribution in [0.3, 0.4) is 0 Å². The maximum Gasteiger partial charge on any atom is 0.333 e. The highest BCUT2D eigenvalue weighted by molar-refractivity contribution is 7.53. The minimum absolute atomic E-state index is 0.197. The fraction of sp³-hybridized carbons (Fsp3) is 0.750. The zero-order chi connectivity index (χ0) is 14.7. The van der Waals surface area contributed by atoms with Crippen LogP contribution in [0.15, 0.2) is 12.7 Å². The van der Waals surface area contributed by atoms with E-state index >= 15 is 0 Å². The van der Waals surface area contributed by atoms with E-state index in [-0.39, 0.29) is 12.8 Å². The van der Waals surface area contributed by atoms with Gasteiger partial charge in [-0.2, -0.15) is 0 Å². The van der Waals surface area contributed by atoms with Crippen LogP contribution in [0.1, 0.15) is 26.7 Å². The number of ether oxygens (including phenoxy) is 1. The van der Waals surface area contributed by atoms with E-state index in [9.17, 15) is 14.5 Å². The summed E-state index contributed by atoms with van der Waals surface area (Å²) in [4.78, 5) is 10.8. The highest BCUT2D eigenvalue weighted by atomic mass is 31.2. The molecule has 0 aromatic rings. The fourth-order valence-electron chi connectivity index (χ4n) is 1.15. The molecule has 1 unspecified atom stereocenters. The van der Waals surface area contributed by atoms with E-state index in [4.69, 9.17) is 9.05 Å². The summed E-state index contributed by atoms with van der Waals surface area (Å²) in [5, 5.41) is 9.68. The lowest BCUT2D eigenvalue weighted by Gasteiger charge is -2.20. The molecule has 112 valence electrons. The second-order valence-electron chi connectivity index (χ2n) is 3.95. The molecule has 0 aliphatic carbocycles. The monoisotopic (exact) mass is 294 g/mol. The van der Waals surface area contributed by atoms with Crippen LogP contribution < -0.4 is 0 Å². The Morgan fingerprint density at radius 3 is 2.26 bits per heavy atom. The minimum atomic E-state index is -3.34. The smallest absolute Gasteiger partial charge is 0.333 e. The van der Waals surface area contributed by atoms with Crippen LogP contribution in [0.25, 0.3) is 0 Å². The molecule has 0 aliphatic rings. The summed E-state index contributed by atoms with van der Waals surface area (Å²) in [5.74, 6) is -0.641. The number of aliphatic hydroxyl groups excluding tert-OH is 1. The van der Waals surface area contributed by atoms with Crippen molar-refractivity contribution in [2.45, 2.75) is 32.8 Å². The first-order valence-corrected chi connectivity index (χ1v) is 8.05. The molecule has 0 aliphatic heterocycles. The second-order valence-corrected chi connectivity index (χ2v) is 6.05. The first kappa shape index (κ1) is 18.3. The van der Waals surface area contributed by atoms with E-state index in [1.54, 1.807) is 0 Å². The summed E-state index contributed by atoms with van der Waals surface area (Å²) >= 11 is 0. The molecule has 7 heteroatoms. The maximum absolute atomic E-state index is 12.3. The number of rotatable bonds is 11. The van der Waals surface area contributed by atoms with Crippen molar-refractivity contribution in [1.82, 2.24) is 0 Å². The highest BCUT2D eigenvalue weighted by Crippen LogP contribution is 2.48.